The molecule has 1 unspecified atom stereocenters. The summed E-state index contributed by atoms with van der Waals surface area (Å²) in [6, 6.07) is 28.3. The van der Waals surface area contributed by atoms with Gasteiger partial charge in [-0.2, -0.15) is 0 Å². The van der Waals surface area contributed by atoms with Gasteiger partial charge >= 0.3 is 0 Å². The number of anilines is 1. The van der Waals surface area contributed by atoms with Gasteiger partial charge in [-0.05, 0) is 31.0 Å². The average Bonchev–Trinajstić information content (AvgIpc) is 3.28. The highest BCUT2D eigenvalue weighted by Gasteiger charge is 2.26. The zero-order valence-corrected chi connectivity index (χ0v) is 20.3. The SMILES string of the molecule is CCC(NC(=O)c1c(-c2ccc(N(C)C)cc2)nc(-c2ccccc2)n1CC)c1ccccc1. The molecule has 4 rings (SSSR count). The summed E-state index contributed by atoms with van der Waals surface area (Å²) < 4.78 is 2.03. The summed E-state index contributed by atoms with van der Waals surface area (Å²) in [7, 11) is 4.03. The lowest BCUT2D eigenvalue weighted by Gasteiger charge is -2.19. The van der Waals surface area contributed by atoms with E-state index in [1.54, 1.807) is 0 Å². The molecule has 0 fully saturated rings. The fraction of sp³-hybridized carbons (Fsp3) is 0.241. The average molecular weight is 453 g/mol. The number of rotatable bonds is 8. The number of carbonyl (C=O) groups excluding carboxylic acids is 1. The Bertz CT molecular complexity index is 1230. The van der Waals surface area contributed by atoms with Crippen LogP contribution in [0.15, 0.2) is 84.9 Å². The number of aromatic nitrogens is 2. The van der Waals surface area contributed by atoms with Crippen LogP contribution in [0.3, 0.4) is 0 Å². The summed E-state index contributed by atoms with van der Waals surface area (Å²) >= 11 is 0. The predicted octanol–water partition coefficient (Wildman–Crippen LogP) is 6.18. The minimum Gasteiger partial charge on any atom is -0.378 e. The van der Waals surface area contributed by atoms with Gasteiger partial charge in [-0.1, -0.05) is 79.7 Å². The van der Waals surface area contributed by atoms with Crippen molar-refractivity contribution in [3.63, 3.8) is 0 Å². The number of carbonyl (C=O) groups is 1. The summed E-state index contributed by atoms with van der Waals surface area (Å²) in [6.45, 7) is 4.78. The van der Waals surface area contributed by atoms with E-state index in [-0.39, 0.29) is 11.9 Å². The van der Waals surface area contributed by atoms with E-state index < -0.39 is 0 Å². The van der Waals surface area contributed by atoms with Crippen LogP contribution < -0.4 is 10.2 Å². The fourth-order valence-corrected chi connectivity index (χ4v) is 4.25. The van der Waals surface area contributed by atoms with Gasteiger partial charge in [0.2, 0.25) is 0 Å². The molecule has 1 atom stereocenters. The van der Waals surface area contributed by atoms with E-state index in [9.17, 15) is 4.79 Å². The summed E-state index contributed by atoms with van der Waals surface area (Å²) in [5.74, 6) is 0.687. The first-order chi connectivity index (χ1) is 16.5. The van der Waals surface area contributed by atoms with Crippen LogP contribution in [0, 0.1) is 0 Å². The van der Waals surface area contributed by atoms with E-state index in [0.717, 1.165) is 34.6 Å². The number of nitrogens with one attached hydrogen (secondary N) is 1. The van der Waals surface area contributed by atoms with Gasteiger partial charge in [0.05, 0.1) is 6.04 Å². The van der Waals surface area contributed by atoms with Crippen molar-refractivity contribution in [3.05, 3.63) is 96.2 Å². The third-order valence-corrected chi connectivity index (χ3v) is 6.10. The van der Waals surface area contributed by atoms with E-state index in [2.05, 4.69) is 48.3 Å². The Morgan fingerprint density at radius 2 is 1.50 bits per heavy atom. The first kappa shape index (κ1) is 23.3. The Balaban J connectivity index is 1.82. The van der Waals surface area contributed by atoms with Crippen molar-refractivity contribution >= 4 is 11.6 Å². The second-order valence-electron chi connectivity index (χ2n) is 8.53. The number of hydrogen-bond donors (Lipinski definition) is 1. The van der Waals surface area contributed by atoms with Gasteiger partial charge in [-0.15, -0.1) is 0 Å². The molecule has 174 valence electrons. The molecule has 1 N–H and O–H groups in total. The van der Waals surface area contributed by atoms with E-state index in [4.69, 9.17) is 4.98 Å². The maximum atomic E-state index is 13.8. The quantitative estimate of drug-likeness (QED) is 0.347. The van der Waals surface area contributed by atoms with Gasteiger partial charge in [-0.25, -0.2) is 4.98 Å². The highest BCUT2D eigenvalue weighted by molar-refractivity contribution is 6.00. The van der Waals surface area contributed by atoms with Crippen LogP contribution in [0.1, 0.15) is 42.4 Å². The highest BCUT2D eigenvalue weighted by Crippen LogP contribution is 2.31. The second-order valence-corrected chi connectivity index (χ2v) is 8.53. The number of nitrogens with zero attached hydrogens (tertiary/aromatic N) is 3. The highest BCUT2D eigenvalue weighted by atomic mass is 16.2. The van der Waals surface area contributed by atoms with Crippen LogP contribution in [0.4, 0.5) is 5.69 Å². The standard InChI is InChI=1S/C29H32N4O/c1-5-25(21-13-9-7-10-14-21)30-29(34)27-26(22-17-19-24(20-18-22)32(3)4)31-28(33(27)6-2)23-15-11-8-12-16-23/h7-20,25H,5-6H2,1-4H3,(H,30,34). The van der Waals surface area contributed by atoms with Gasteiger partial charge in [0.1, 0.15) is 17.2 Å². The molecule has 0 radical (unpaired) electrons. The molecule has 0 saturated carbocycles. The number of hydrogen-bond acceptors (Lipinski definition) is 3. The predicted molar refractivity (Wildman–Crippen MR) is 140 cm³/mol. The Morgan fingerprint density at radius 1 is 0.882 bits per heavy atom. The topological polar surface area (TPSA) is 50.2 Å². The van der Waals surface area contributed by atoms with Crippen molar-refractivity contribution in [2.75, 3.05) is 19.0 Å². The molecular weight excluding hydrogens is 420 g/mol. The Hall–Kier alpha value is -3.86. The summed E-state index contributed by atoms with van der Waals surface area (Å²) in [6.07, 6.45) is 0.800. The van der Waals surface area contributed by atoms with Crippen LogP contribution in [-0.2, 0) is 6.54 Å². The lowest BCUT2D eigenvalue weighted by Crippen LogP contribution is -2.30. The number of benzene rings is 3. The van der Waals surface area contributed by atoms with Gasteiger partial charge in [0.25, 0.3) is 5.91 Å². The van der Waals surface area contributed by atoms with Crippen LogP contribution in [0.5, 0.6) is 0 Å². The van der Waals surface area contributed by atoms with Crippen molar-refractivity contribution in [2.45, 2.75) is 32.9 Å². The molecule has 4 aromatic rings. The molecule has 5 heteroatoms. The molecule has 1 heterocycles. The third kappa shape index (κ3) is 4.74. The molecule has 0 aliphatic rings. The minimum absolute atomic E-state index is 0.0713. The molecular formula is C29H32N4O. The molecule has 34 heavy (non-hydrogen) atoms. The minimum atomic E-state index is -0.112. The van der Waals surface area contributed by atoms with Crippen molar-refractivity contribution in [1.29, 1.82) is 0 Å². The van der Waals surface area contributed by atoms with E-state index >= 15 is 0 Å². The Labute approximate surface area is 202 Å². The summed E-state index contributed by atoms with van der Waals surface area (Å²) in [5.41, 5.74) is 5.40. The monoisotopic (exact) mass is 452 g/mol. The molecule has 3 aromatic carbocycles. The van der Waals surface area contributed by atoms with Gasteiger partial charge in [0, 0.05) is 37.5 Å². The lowest BCUT2D eigenvalue weighted by atomic mass is 10.0. The fourth-order valence-electron chi connectivity index (χ4n) is 4.25. The Morgan fingerprint density at radius 3 is 2.06 bits per heavy atom. The first-order valence-electron chi connectivity index (χ1n) is 11.8. The second kappa shape index (κ2) is 10.4. The zero-order valence-electron chi connectivity index (χ0n) is 20.3. The summed E-state index contributed by atoms with van der Waals surface area (Å²) in [5, 5.41) is 3.27. The van der Waals surface area contributed by atoms with Gasteiger partial charge in [0.15, 0.2) is 0 Å². The van der Waals surface area contributed by atoms with Gasteiger partial charge in [-0.3, -0.25) is 4.79 Å². The van der Waals surface area contributed by atoms with E-state index in [0.29, 0.717) is 17.9 Å². The molecule has 0 spiro atoms. The van der Waals surface area contributed by atoms with E-state index in [1.165, 1.54) is 0 Å². The molecule has 1 aromatic heterocycles. The van der Waals surface area contributed by atoms with E-state index in [1.807, 2.05) is 79.3 Å². The molecule has 0 saturated heterocycles. The normalized spacial score (nSPS) is 11.8. The molecule has 5 nitrogen and oxygen atoms in total. The van der Waals surface area contributed by atoms with Gasteiger partial charge < -0.3 is 14.8 Å². The molecule has 1 amide bonds. The zero-order chi connectivity index (χ0) is 24.1. The van der Waals surface area contributed by atoms with Crippen molar-refractivity contribution in [2.24, 2.45) is 0 Å². The molecule has 0 bridgehead atoms. The van der Waals surface area contributed by atoms with Crippen LogP contribution in [-0.4, -0.2) is 29.6 Å². The van der Waals surface area contributed by atoms with Crippen LogP contribution in [0.2, 0.25) is 0 Å². The largest absolute Gasteiger partial charge is 0.378 e. The number of imidazole rings is 1. The van der Waals surface area contributed by atoms with Crippen molar-refractivity contribution in [3.8, 4) is 22.6 Å². The van der Waals surface area contributed by atoms with Crippen molar-refractivity contribution in [1.82, 2.24) is 14.9 Å². The molecule has 0 aliphatic heterocycles. The smallest absolute Gasteiger partial charge is 0.270 e. The third-order valence-electron chi connectivity index (χ3n) is 6.10. The van der Waals surface area contributed by atoms with Crippen LogP contribution >= 0.6 is 0 Å². The lowest BCUT2D eigenvalue weighted by molar-refractivity contribution is 0.0927. The first-order valence-corrected chi connectivity index (χ1v) is 11.8. The molecule has 0 aliphatic carbocycles. The summed E-state index contributed by atoms with van der Waals surface area (Å²) in [4.78, 5) is 20.9. The van der Waals surface area contributed by atoms with Crippen LogP contribution in [0.25, 0.3) is 22.6 Å². The maximum Gasteiger partial charge on any atom is 0.270 e. The number of amides is 1. The Kier molecular flexibility index (Phi) is 7.12. The maximum absolute atomic E-state index is 13.8. The van der Waals surface area contributed by atoms with Crippen molar-refractivity contribution < 1.29 is 4.79 Å².